The van der Waals surface area contributed by atoms with Crippen LogP contribution < -0.4 is 9.37 Å². The van der Waals surface area contributed by atoms with Gasteiger partial charge in [-0.25, -0.2) is 0 Å². The third kappa shape index (κ3) is 2.95. The molecule has 0 spiro atoms. The van der Waals surface area contributed by atoms with Crippen LogP contribution >= 0.6 is 0 Å². The third-order valence-corrected chi connectivity index (χ3v) is 15.7. The summed E-state index contributed by atoms with van der Waals surface area (Å²) in [6, 6.07) is 33.1. The van der Waals surface area contributed by atoms with E-state index >= 15 is 0 Å². The Morgan fingerprint density at radius 2 is 0.632 bits per heavy atom. The minimum atomic E-state index is -2.28. The zero-order chi connectivity index (χ0) is 12.9. The number of rotatable bonds is 3. The summed E-state index contributed by atoms with van der Waals surface area (Å²) in [6.45, 7) is 0. The normalized spacial score (nSPS) is 10.1. The fourth-order valence-electron chi connectivity index (χ4n) is 2.51. The van der Waals surface area contributed by atoms with Crippen molar-refractivity contribution in [3.05, 3.63) is 91.0 Å². The molecule has 1 heteroatoms. The van der Waals surface area contributed by atoms with Crippen molar-refractivity contribution in [2.45, 2.75) is 0 Å². The van der Waals surface area contributed by atoms with Crippen LogP contribution in [-0.2, 0) is 0 Å². The Hall–Kier alpha value is -1.42. The topological polar surface area (TPSA) is 0 Å². The second-order valence-electron chi connectivity index (χ2n) is 4.67. The molecule has 0 unspecified atom stereocenters. The van der Waals surface area contributed by atoms with Gasteiger partial charge in [-0.05, 0) is 0 Å². The molecule has 3 rings (SSSR count). The quantitative estimate of drug-likeness (QED) is 0.554. The van der Waals surface area contributed by atoms with E-state index in [-0.39, 0.29) is 0 Å². The van der Waals surface area contributed by atoms with Gasteiger partial charge >= 0.3 is 123 Å². The predicted octanol–water partition coefficient (Wildman–Crippen LogP) is 2.20. The number of hydrogen-bond acceptors (Lipinski definition) is 0. The van der Waals surface area contributed by atoms with Gasteiger partial charge < -0.3 is 0 Å². The first-order valence-corrected chi connectivity index (χ1v) is 13.3. The van der Waals surface area contributed by atoms with Gasteiger partial charge in [0.05, 0.1) is 0 Å². The molecule has 19 heavy (non-hydrogen) atoms. The zero-order valence-corrected chi connectivity index (χ0v) is 15.2. The van der Waals surface area contributed by atoms with E-state index in [1.54, 1.807) is 9.37 Å². The molecule has 0 nitrogen and oxygen atoms in total. The Kier molecular flexibility index (Phi) is 4.08. The van der Waals surface area contributed by atoms with E-state index in [0.29, 0.717) is 0 Å². The van der Waals surface area contributed by atoms with Gasteiger partial charge in [0.2, 0.25) is 0 Å². The first kappa shape index (κ1) is 12.6. The Morgan fingerprint density at radius 1 is 0.368 bits per heavy atom. The number of hydrogen-bond donors (Lipinski definition) is 0. The maximum absolute atomic E-state index is 2.30. The van der Waals surface area contributed by atoms with Crippen LogP contribution in [0.15, 0.2) is 91.0 Å². The van der Waals surface area contributed by atoms with Crippen LogP contribution in [0.4, 0.5) is 0 Å². The summed E-state index contributed by atoms with van der Waals surface area (Å²) in [5.74, 6) is 0. The molecule has 90 valence electrons. The van der Waals surface area contributed by atoms with Crippen molar-refractivity contribution in [3.8, 4) is 0 Å². The number of benzene rings is 3. The van der Waals surface area contributed by atoms with E-state index in [1.807, 2.05) is 0 Å². The van der Waals surface area contributed by atoms with E-state index in [1.165, 1.54) is 0 Å². The van der Waals surface area contributed by atoms with E-state index in [2.05, 4.69) is 91.0 Å². The summed E-state index contributed by atoms with van der Waals surface area (Å²) in [7, 11) is 0. The van der Waals surface area contributed by atoms with Crippen LogP contribution in [0.2, 0.25) is 0 Å². The van der Waals surface area contributed by atoms with Crippen molar-refractivity contribution in [3.63, 3.8) is 0 Å². The Bertz CT molecular complexity index is 524. The van der Waals surface area contributed by atoms with Gasteiger partial charge in [-0.2, -0.15) is 0 Å². The van der Waals surface area contributed by atoms with E-state index in [0.717, 1.165) is 0 Å². The van der Waals surface area contributed by atoms with E-state index < -0.39 is 22.7 Å². The second kappa shape index (κ2) is 6.15. The molecule has 0 aliphatic heterocycles. The Labute approximate surface area is 122 Å². The molecule has 0 amide bonds. The molecular formula is C18H15Tl. The van der Waals surface area contributed by atoms with E-state index in [9.17, 15) is 0 Å². The molecule has 0 saturated heterocycles. The standard InChI is InChI=1S/3C6H5.Tl/c3*1-2-4-6-5-3-1;/h3*1-5H;. The van der Waals surface area contributed by atoms with Gasteiger partial charge in [-0.3, -0.25) is 0 Å². The molecule has 0 atom stereocenters. The molecule has 0 heterocycles. The predicted molar refractivity (Wildman–Crippen MR) is 84.0 cm³/mol. The van der Waals surface area contributed by atoms with Gasteiger partial charge in [0.25, 0.3) is 0 Å². The average molecular weight is 436 g/mol. The van der Waals surface area contributed by atoms with Gasteiger partial charge in [0, 0.05) is 0 Å². The maximum atomic E-state index is 2.30. The first-order chi connectivity index (χ1) is 9.45. The van der Waals surface area contributed by atoms with Crippen molar-refractivity contribution in [2.24, 2.45) is 0 Å². The molecular weight excluding hydrogens is 421 g/mol. The van der Waals surface area contributed by atoms with Crippen molar-refractivity contribution in [2.75, 3.05) is 0 Å². The van der Waals surface area contributed by atoms with Crippen LogP contribution in [0, 0.1) is 0 Å². The van der Waals surface area contributed by atoms with Crippen molar-refractivity contribution >= 4 is 32.1 Å². The summed E-state index contributed by atoms with van der Waals surface area (Å²) in [4.78, 5) is 0. The zero-order valence-electron chi connectivity index (χ0n) is 10.7. The Balaban J connectivity index is 2.12. The molecule has 0 saturated carbocycles. The molecule has 0 radical (unpaired) electrons. The first-order valence-electron chi connectivity index (χ1n) is 6.60. The summed E-state index contributed by atoms with van der Waals surface area (Å²) in [6.07, 6.45) is 0. The summed E-state index contributed by atoms with van der Waals surface area (Å²) in [5, 5.41) is 0. The average Bonchev–Trinajstić information content (AvgIpc) is 2.51. The van der Waals surface area contributed by atoms with Crippen molar-refractivity contribution in [1.29, 1.82) is 0 Å². The minimum absolute atomic E-state index is 1.56. The van der Waals surface area contributed by atoms with Gasteiger partial charge in [0.15, 0.2) is 0 Å². The molecule has 0 bridgehead atoms. The fourth-order valence-corrected chi connectivity index (χ4v) is 14.1. The van der Waals surface area contributed by atoms with Crippen LogP contribution in [-0.4, -0.2) is 22.7 Å². The summed E-state index contributed by atoms with van der Waals surface area (Å²) in [5.41, 5.74) is 0. The Morgan fingerprint density at radius 3 is 0.895 bits per heavy atom. The fraction of sp³-hybridized carbons (Fsp3) is 0. The molecule has 0 fully saturated rings. The molecule has 3 aromatic rings. The van der Waals surface area contributed by atoms with Crippen LogP contribution in [0.1, 0.15) is 0 Å². The van der Waals surface area contributed by atoms with Crippen molar-refractivity contribution in [1.82, 2.24) is 0 Å². The molecule has 0 aliphatic rings. The van der Waals surface area contributed by atoms with E-state index in [4.69, 9.17) is 0 Å². The third-order valence-electron chi connectivity index (χ3n) is 3.40. The summed E-state index contributed by atoms with van der Waals surface area (Å²) >= 11 is -2.28. The van der Waals surface area contributed by atoms with Gasteiger partial charge in [-0.1, -0.05) is 0 Å². The van der Waals surface area contributed by atoms with Gasteiger partial charge in [0.1, 0.15) is 0 Å². The SMILES string of the molecule is c1cc[c]([Tl]([c]2ccccc2)[c]2ccccc2)cc1. The monoisotopic (exact) mass is 436 g/mol. The molecule has 0 aromatic heterocycles. The molecule has 0 aliphatic carbocycles. The van der Waals surface area contributed by atoms with Crippen LogP contribution in [0.5, 0.6) is 0 Å². The van der Waals surface area contributed by atoms with Crippen LogP contribution in [0.25, 0.3) is 0 Å². The second-order valence-corrected chi connectivity index (χ2v) is 15.8. The molecule has 0 N–H and O–H groups in total. The van der Waals surface area contributed by atoms with Crippen molar-refractivity contribution < 1.29 is 0 Å². The molecule has 3 aromatic carbocycles. The van der Waals surface area contributed by atoms with Crippen LogP contribution in [0.3, 0.4) is 0 Å². The summed E-state index contributed by atoms with van der Waals surface area (Å²) < 4.78 is 4.67. The van der Waals surface area contributed by atoms with Gasteiger partial charge in [-0.15, -0.1) is 0 Å².